The standard InChI is InChI=1S/C18H21N7O/c1-12-5-3-7-15(19-12)20-18(26)14-6-4-10-24(11-14)17-9-8-16-22-21-13(2)25(16)23-17/h3,5,7-9,14H,4,6,10-11H2,1-2H3,(H,19,20,26). The lowest BCUT2D eigenvalue weighted by Gasteiger charge is -2.32. The minimum atomic E-state index is -0.0921. The molecular weight excluding hydrogens is 330 g/mol. The van der Waals surface area contributed by atoms with Crippen LogP contribution in [0.4, 0.5) is 11.6 Å². The summed E-state index contributed by atoms with van der Waals surface area (Å²) in [5.41, 5.74) is 1.61. The first-order valence-corrected chi connectivity index (χ1v) is 8.79. The van der Waals surface area contributed by atoms with Gasteiger partial charge in [-0.05, 0) is 51.0 Å². The first-order valence-electron chi connectivity index (χ1n) is 8.79. The van der Waals surface area contributed by atoms with Crippen molar-refractivity contribution in [1.82, 2.24) is 24.8 Å². The molecule has 8 nitrogen and oxygen atoms in total. The van der Waals surface area contributed by atoms with E-state index in [1.54, 1.807) is 4.52 Å². The molecule has 1 aliphatic heterocycles. The van der Waals surface area contributed by atoms with Crippen LogP contribution in [0.3, 0.4) is 0 Å². The van der Waals surface area contributed by atoms with Crippen molar-refractivity contribution in [2.75, 3.05) is 23.3 Å². The van der Waals surface area contributed by atoms with E-state index in [-0.39, 0.29) is 11.8 Å². The van der Waals surface area contributed by atoms with Gasteiger partial charge in [0.1, 0.15) is 11.6 Å². The van der Waals surface area contributed by atoms with E-state index in [0.29, 0.717) is 12.4 Å². The van der Waals surface area contributed by atoms with E-state index in [0.717, 1.165) is 42.4 Å². The van der Waals surface area contributed by atoms with Crippen LogP contribution < -0.4 is 10.2 Å². The molecular formula is C18H21N7O. The molecule has 1 amide bonds. The van der Waals surface area contributed by atoms with Gasteiger partial charge in [-0.15, -0.1) is 15.3 Å². The summed E-state index contributed by atoms with van der Waals surface area (Å²) in [5, 5.41) is 15.7. The van der Waals surface area contributed by atoms with Gasteiger partial charge in [0.05, 0.1) is 5.92 Å². The van der Waals surface area contributed by atoms with Crippen molar-refractivity contribution in [2.45, 2.75) is 26.7 Å². The van der Waals surface area contributed by atoms with E-state index < -0.39 is 0 Å². The van der Waals surface area contributed by atoms with Crippen LogP contribution in [0.25, 0.3) is 5.65 Å². The van der Waals surface area contributed by atoms with Crippen molar-refractivity contribution in [1.29, 1.82) is 0 Å². The molecule has 1 atom stereocenters. The summed E-state index contributed by atoms with van der Waals surface area (Å²) in [6, 6.07) is 9.46. The van der Waals surface area contributed by atoms with Gasteiger partial charge in [-0.3, -0.25) is 4.79 Å². The highest BCUT2D eigenvalue weighted by atomic mass is 16.2. The Morgan fingerprint density at radius 2 is 2.08 bits per heavy atom. The van der Waals surface area contributed by atoms with Crippen molar-refractivity contribution in [3.05, 3.63) is 41.9 Å². The molecule has 26 heavy (non-hydrogen) atoms. The number of aryl methyl sites for hydroxylation is 2. The third-order valence-electron chi connectivity index (χ3n) is 4.66. The number of carbonyl (C=O) groups excluding carboxylic acids is 1. The topological polar surface area (TPSA) is 88.3 Å². The number of anilines is 2. The van der Waals surface area contributed by atoms with Crippen molar-refractivity contribution in [2.24, 2.45) is 5.92 Å². The summed E-state index contributed by atoms with van der Waals surface area (Å²) < 4.78 is 1.73. The van der Waals surface area contributed by atoms with Gasteiger partial charge in [-0.25, -0.2) is 4.98 Å². The lowest BCUT2D eigenvalue weighted by Crippen LogP contribution is -2.41. The zero-order valence-electron chi connectivity index (χ0n) is 14.9. The minimum absolute atomic E-state index is 0.00866. The Morgan fingerprint density at radius 1 is 1.19 bits per heavy atom. The number of nitrogens with one attached hydrogen (secondary N) is 1. The molecule has 1 saturated heterocycles. The predicted octanol–water partition coefficient (Wildman–Crippen LogP) is 1.99. The van der Waals surface area contributed by atoms with Crippen LogP contribution >= 0.6 is 0 Å². The van der Waals surface area contributed by atoms with E-state index in [1.165, 1.54) is 0 Å². The fourth-order valence-corrected chi connectivity index (χ4v) is 3.30. The number of fused-ring (bicyclic) bond motifs is 1. The number of aromatic nitrogens is 5. The van der Waals surface area contributed by atoms with Crippen LogP contribution in [0.5, 0.6) is 0 Å². The third-order valence-corrected chi connectivity index (χ3v) is 4.66. The number of piperidine rings is 1. The molecule has 8 heteroatoms. The number of hydrogen-bond donors (Lipinski definition) is 1. The highest BCUT2D eigenvalue weighted by Gasteiger charge is 2.27. The summed E-state index contributed by atoms with van der Waals surface area (Å²) in [6.07, 6.45) is 1.81. The molecule has 3 aromatic rings. The Labute approximate surface area is 151 Å². The fraction of sp³-hybridized carbons (Fsp3) is 0.389. The van der Waals surface area contributed by atoms with Crippen LogP contribution in [-0.2, 0) is 4.79 Å². The summed E-state index contributed by atoms with van der Waals surface area (Å²) in [5.74, 6) is 2.11. The van der Waals surface area contributed by atoms with Crippen molar-refractivity contribution in [3.8, 4) is 0 Å². The SMILES string of the molecule is Cc1cccc(NC(=O)C2CCCN(c3ccc4nnc(C)n4n3)C2)n1. The summed E-state index contributed by atoms with van der Waals surface area (Å²) in [4.78, 5) is 19.2. The molecule has 134 valence electrons. The van der Waals surface area contributed by atoms with Gasteiger partial charge in [0, 0.05) is 18.8 Å². The first kappa shape index (κ1) is 16.4. The molecule has 0 aliphatic carbocycles. The Hall–Kier alpha value is -3.03. The monoisotopic (exact) mass is 351 g/mol. The van der Waals surface area contributed by atoms with Gasteiger partial charge in [0.25, 0.3) is 0 Å². The third kappa shape index (κ3) is 3.22. The number of hydrogen-bond acceptors (Lipinski definition) is 6. The van der Waals surface area contributed by atoms with E-state index in [2.05, 4.69) is 30.5 Å². The van der Waals surface area contributed by atoms with Gasteiger partial charge >= 0.3 is 0 Å². The molecule has 4 heterocycles. The number of carbonyl (C=O) groups is 1. The lowest BCUT2D eigenvalue weighted by molar-refractivity contribution is -0.120. The molecule has 1 unspecified atom stereocenters. The van der Waals surface area contributed by atoms with Crippen molar-refractivity contribution >= 4 is 23.2 Å². The zero-order chi connectivity index (χ0) is 18.1. The molecule has 0 aromatic carbocycles. The van der Waals surface area contributed by atoms with E-state index in [4.69, 9.17) is 0 Å². The van der Waals surface area contributed by atoms with Crippen LogP contribution in [0.1, 0.15) is 24.4 Å². The maximum atomic E-state index is 12.7. The van der Waals surface area contributed by atoms with E-state index >= 15 is 0 Å². The minimum Gasteiger partial charge on any atom is -0.354 e. The maximum absolute atomic E-state index is 12.7. The van der Waals surface area contributed by atoms with Crippen molar-refractivity contribution in [3.63, 3.8) is 0 Å². The number of nitrogens with zero attached hydrogens (tertiary/aromatic N) is 6. The number of pyridine rings is 1. The second kappa shape index (κ2) is 6.70. The first-order chi connectivity index (χ1) is 12.6. The molecule has 1 fully saturated rings. The van der Waals surface area contributed by atoms with E-state index in [1.807, 2.05) is 44.2 Å². The van der Waals surface area contributed by atoms with Gasteiger partial charge in [-0.1, -0.05) is 6.07 Å². The molecule has 3 aromatic heterocycles. The van der Waals surface area contributed by atoms with Crippen LogP contribution in [0, 0.1) is 19.8 Å². The molecule has 0 spiro atoms. The smallest absolute Gasteiger partial charge is 0.230 e. The van der Waals surface area contributed by atoms with Gasteiger partial charge in [0.2, 0.25) is 5.91 Å². The molecule has 1 aliphatic rings. The quantitative estimate of drug-likeness (QED) is 0.776. The van der Waals surface area contributed by atoms with Gasteiger partial charge in [-0.2, -0.15) is 4.52 Å². The van der Waals surface area contributed by atoms with Crippen LogP contribution in [-0.4, -0.2) is 43.8 Å². The van der Waals surface area contributed by atoms with Crippen LogP contribution in [0.2, 0.25) is 0 Å². The van der Waals surface area contributed by atoms with Crippen LogP contribution in [0.15, 0.2) is 30.3 Å². The maximum Gasteiger partial charge on any atom is 0.230 e. The Morgan fingerprint density at radius 3 is 2.92 bits per heavy atom. The molecule has 0 saturated carbocycles. The second-order valence-corrected chi connectivity index (χ2v) is 6.65. The van der Waals surface area contributed by atoms with Crippen molar-refractivity contribution < 1.29 is 4.79 Å². The normalized spacial score (nSPS) is 17.5. The second-order valence-electron chi connectivity index (χ2n) is 6.65. The molecule has 0 bridgehead atoms. The zero-order valence-corrected chi connectivity index (χ0v) is 14.9. The lowest BCUT2D eigenvalue weighted by atomic mass is 9.97. The Bertz CT molecular complexity index is 952. The summed E-state index contributed by atoms with van der Waals surface area (Å²) in [6.45, 7) is 5.30. The van der Waals surface area contributed by atoms with Gasteiger partial charge < -0.3 is 10.2 Å². The molecule has 1 N–H and O–H groups in total. The molecule has 0 radical (unpaired) electrons. The molecule has 4 rings (SSSR count). The highest BCUT2D eigenvalue weighted by Crippen LogP contribution is 2.23. The average Bonchev–Trinajstić information content (AvgIpc) is 3.02. The van der Waals surface area contributed by atoms with E-state index in [9.17, 15) is 4.79 Å². The summed E-state index contributed by atoms with van der Waals surface area (Å²) >= 11 is 0. The average molecular weight is 351 g/mol. The predicted molar refractivity (Wildman–Crippen MR) is 98.1 cm³/mol. The largest absolute Gasteiger partial charge is 0.354 e. The summed E-state index contributed by atoms with van der Waals surface area (Å²) in [7, 11) is 0. The van der Waals surface area contributed by atoms with Gasteiger partial charge in [0.15, 0.2) is 11.5 Å². The number of rotatable bonds is 3. The fourth-order valence-electron chi connectivity index (χ4n) is 3.30. The highest BCUT2D eigenvalue weighted by molar-refractivity contribution is 5.92. The Kier molecular flexibility index (Phi) is 4.24. The number of amides is 1. The Balaban J connectivity index is 1.49.